The zero-order valence-electron chi connectivity index (χ0n) is 16.3. The van der Waals surface area contributed by atoms with Crippen molar-refractivity contribution in [3.05, 3.63) is 77.9 Å². The number of benzene rings is 3. The number of ether oxygens (including phenoxy) is 1. The van der Waals surface area contributed by atoms with Gasteiger partial charge in [-0.25, -0.2) is 4.79 Å². The molecule has 0 spiro atoms. The molecular weight excluding hydrogens is 368 g/mol. The van der Waals surface area contributed by atoms with Crippen molar-refractivity contribution in [2.24, 2.45) is 0 Å². The minimum atomic E-state index is -0.826. The molecule has 29 heavy (non-hydrogen) atoms. The summed E-state index contributed by atoms with van der Waals surface area (Å²) >= 11 is 0. The highest BCUT2D eigenvalue weighted by atomic mass is 16.5. The highest BCUT2D eigenvalue weighted by Gasteiger charge is 2.23. The molecule has 6 heteroatoms. The molecule has 0 bridgehead atoms. The SMILES string of the molecule is COC(=O)[C@@H](Cc1cccc2ccccc12)NC(=O)c1ccc(NC(C)=O)cc1. The maximum Gasteiger partial charge on any atom is 0.328 e. The third-order valence-electron chi connectivity index (χ3n) is 4.56. The van der Waals surface area contributed by atoms with E-state index < -0.39 is 17.9 Å². The number of rotatable bonds is 6. The first-order valence-corrected chi connectivity index (χ1v) is 9.21. The van der Waals surface area contributed by atoms with Crippen molar-refractivity contribution in [1.29, 1.82) is 0 Å². The third-order valence-corrected chi connectivity index (χ3v) is 4.56. The van der Waals surface area contributed by atoms with Gasteiger partial charge < -0.3 is 15.4 Å². The molecule has 0 saturated heterocycles. The van der Waals surface area contributed by atoms with Gasteiger partial charge >= 0.3 is 5.97 Å². The molecule has 0 heterocycles. The van der Waals surface area contributed by atoms with Crippen molar-refractivity contribution in [3.63, 3.8) is 0 Å². The van der Waals surface area contributed by atoms with Crippen LogP contribution in [0.15, 0.2) is 66.7 Å². The number of carbonyl (C=O) groups is 3. The van der Waals surface area contributed by atoms with Gasteiger partial charge in [-0.05, 0) is 40.6 Å². The predicted octanol–water partition coefficient (Wildman–Crippen LogP) is 3.31. The van der Waals surface area contributed by atoms with Crippen LogP contribution in [0.1, 0.15) is 22.8 Å². The van der Waals surface area contributed by atoms with Crippen molar-refractivity contribution >= 4 is 34.2 Å². The monoisotopic (exact) mass is 390 g/mol. The molecule has 3 aromatic rings. The van der Waals surface area contributed by atoms with Gasteiger partial charge in [-0.2, -0.15) is 0 Å². The number of fused-ring (bicyclic) bond motifs is 1. The number of methoxy groups -OCH3 is 1. The predicted molar refractivity (Wildman–Crippen MR) is 112 cm³/mol. The Balaban J connectivity index is 1.79. The largest absolute Gasteiger partial charge is 0.467 e. The molecule has 0 fully saturated rings. The molecule has 0 aromatic heterocycles. The van der Waals surface area contributed by atoms with Crippen LogP contribution in [0.2, 0.25) is 0 Å². The Morgan fingerprint density at radius 2 is 1.62 bits per heavy atom. The summed E-state index contributed by atoms with van der Waals surface area (Å²) < 4.78 is 4.90. The zero-order chi connectivity index (χ0) is 20.8. The molecule has 6 nitrogen and oxygen atoms in total. The molecule has 0 aliphatic carbocycles. The normalized spacial score (nSPS) is 11.5. The molecule has 3 rings (SSSR count). The fourth-order valence-electron chi connectivity index (χ4n) is 3.18. The Bertz CT molecular complexity index is 1040. The van der Waals surface area contributed by atoms with Gasteiger partial charge in [0.1, 0.15) is 6.04 Å². The second-order valence-corrected chi connectivity index (χ2v) is 6.65. The first-order valence-electron chi connectivity index (χ1n) is 9.21. The summed E-state index contributed by atoms with van der Waals surface area (Å²) in [5, 5.41) is 7.49. The third kappa shape index (κ3) is 4.99. The molecule has 0 saturated carbocycles. The van der Waals surface area contributed by atoms with E-state index in [1.54, 1.807) is 24.3 Å². The average Bonchev–Trinajstić information content (AvgIpc) is 2.73. The smallest absolute Gasteiger partial charge is 0.328 e. The van der Waals surface area contributed by atoms with Crippen LogP contribution in [0.3, 0.4) is 0 Å². The minimum absolute atomic E-state index is 0.192. The standard InChI is InChI=1S/C23H22N2O4/c1-15(26)24-19-12-10-17(11-13-19)22(27)25-21(23(28)29-2)14-18-8-5-7-16-6-3-4-9-20(16)18/h3-13,21H,14H2,1-2H3,(H,24,26)(H,25,27)/t21-/m1/s1. The van der Waals surface area contributed by atoms with E-state index in [2.05, 4.69) is 10.6 Å². The zero-order valence-corrected chi connectivity index (χ0v) is 16.3. The minimum Gasteiger partial charge on any atom is -0.467 e. The van der Waals surface area contributed by atoms with E-state index in [4.69, 9.17) is 4.74 Å². The molecule has 2 N–H and O–H groups in total. The summed E-state index contributed by atoms with van der Waals surface area (Å²) in [6.45, 7) is 1.41. The fourth-order valence-corrected chi connectivity index (χ4v) is 3.18. The van der Waals surface area contributed by atoms with E-state index in [0.717, 1.165) is 16.3 Å². The van der Waals surface area contributed by atoms with Crippen molar-refractivity contribution in [2.75, 3.05) is 12.4 Å². The van der Waals surface area contributed by atoms with E-state index in [1.165, 1.54) is 14.0 Å². The number of carbonyl (C=O) groups excluding carboxylic acids is 3. The van der Waals surface area contributed by atoms with Gasteiger partial charge in [-0.3, -0.25) is 9.59 Å². The lowest BCUT2D eigenvalue weighted by Crippen LogP contribution is -2.43. The maximum atomic E-state index is 12.7. The van der Waals surface area contributed by atoms with Gasteiger partial charge in [-0.1, -0.05) is 42.5 Å². The summed E-state index contributed by atoms with van der Waals surface area (Å²) in [6, 6.07) is 19.4. The highest BCUT2D eigenvalue weighted by Crippen LogP contribution is 2.20. The molecule has 0 radical (unpaired) electrons. The van der Waals surface area contributed by atoms with E-state index in [1.807, 2.05) is 42.5 Å². The quantitative estimate of drug-likeness (QED) is 0.633. The lowest BCUT2D eigenvalue weighted by Gasteiger charge is -2.18. The van der Waals surface area contributed by atoms with Gasteiger partial charge in [0.05, 0.1) is 7.11 Å². The van der Waals surface area contributed by atoms with Gasteiger partial charge in [-0.15, -0.1) is 0 Å². The Labute approximate surface area is 168 Å². The molecular formula is C23H22N2O4. The Morgan fingerprint density at radius 3 is 2.31 bits per heavy atom. The van der Waals surface area contributed by atoms with Gasteiger partial charge in [0, 0.05) is 24.6 Å². The first-order chi connectivity index (χ1) is 14.0. The van der Waals surface area contributed by atoms with E-state index in [-0.39, 0.29) is 5.91 Å². The van der Waals surface area contributed by atoms with Gasteiger partial charge in [0.2, 0.25) is 5.91 Å². The Morgan fingerprint density at radius 1 is 0.931 bits per heavy atom. The number of amides is 2. The van der Waals surface area contributed by atoms with E-state index in [0.29, 0.717) is 17.7 Å². The number of anilines is 1. The van der Waals surface area contributed by atoms with Crippen LogP contribution < -0.4 is 10.6 Å². The molecule has 2 amide bonds. The number of nitrogens with one attached hydrogen (secondary N) is 2. The Kier molecular flexibility index (Phi) is 6.24. The van der Waals surface area contributed by atoms with Crippen LogP contribution in [0, 0.1) is 0 Å². The molecule has 0 unspecified atom stereocenters. The second-order valence-electron chi connectivity index (χ2n) is 6.65. The van der Waals surface area contributed by atoms with E-state index in [9.17, 15) is 14.4 Å². The molecule has 0 aliphatic heterocycles. The van der Waals surface area contributed by atoms with Crippen LogP contribution in [-0.4, -0.2) is 30.9 Å². The summed E-state index contributed by atoms with van der Waals surface area (Å²) in [5.74, 6) is -1.10. The summed E-state index contributed by atoms with van der Waals surface area (Å²) in [6.07, 6.45) is 0.309. The molecule has 3 aromatic carbocycles. The lowest BCUT2D eigenvalue weighted by molar-refractivity contribution is -0.142. The first kappa shape index (κ1) is 20.1. The van der Waals surface area contributed by atoms with Crippen LogP contribution in [0.4, 0.5) is 5.69 Å². The molecule has 1 atom stereocenters. The number of hydrogen-bond donors (Lipinski definition) is 2. The number of esters is 1. The van der Waals surface area contributed by atoms with Crippen molar-refractivity contribution < 1.29 is 19.1 Å². The lowest BCUT2D eigenvalue weighted by atomic mass is 9.98. The molecule has 148 valence electrons. The Hall–Kier alpha value is -3.67. The summed E-state index contributed by atoms with van der Waals surface area (Å²) in [5.41, 5.74) is 1.92. The highest BCUT2D eigenvalue weighted by molar-refractivity contribution is 5.98. The van der Waals surface area contributed by atoms with Crippen molar-refractivity contribution in [1.82, 2.24) is 5.32 Å². The van der Waals surface area contributed by atoms with Crippen molar-refractivity contribution in [2.45, 2.75) is 19.4 Å². The summed E-state index contributed by atoms with van der Waals surface area (Å²) in [4.78, 5) is 36.1. The topological polar surface area (TPSA) is 84.5 Å². The molecule has 0 aliphatic rings. The van der Waals surface area contributed by atoms with Crippen LogP contribution in [-0.2, 0) is 20.7 Å². The van der Waals surface area contributed by atoms with Gasteiger partial charge in [0.25, 0.3) is 5.91 Å². The maximum absolute atomic E-state index is 12.7. The number of hydrogen-bond acceptors (Lipinski definition) is 4. The van der Waals surface area contributed by atoms with Crippen LogP contribution in [0.5, 0.6) is 0 Å². The van der Waals surface area contributed by atoms with Crippen LogP contribution in [0.25, 0.3) is 10.8 Å². The van der Waals surface area contributed by atoms with Crippen LogP contribution >= 0.6 is 0 Å². The van der Waals surface area contributed by atoms with E-state index >= 15 is 0 Å². The summed E-state index contributed by atoms with van der Waals surface area (Å²) in [7, 11) is 1.30. The average molecular weight is 390 g/mol. The van der Waals surface area contributed by atoms with Crippen molar-refractivity contribution in [3.8, 4) is 0 Å². The second kappa shape index (κ2) is 9.01. The van der Waals surface area contributed by atoms with Gasteiger partial charge in [0.15, 0.2) is 0 Å². The fraction of sp³-hybridized carbons (Fsp3) is 0.174.